The first kappa shape index (κ1) is 14.6. The van der Waals surface area contributed by atoms with Gasteiger partial charge in [0.25, 0.3) is 0 Å². The molecule has 0 bridgehead atoms. The number of rotatable bonds is 3. The molecule has 0 aromatic carbocycles. The molecular weight excluding hydrogens is 264 g/mol. The van der Waals surface area contributed by atoms with Crippen molar-refractivity contribution in [2.24, 2.45) is 0 Å². The highest BCUT2D eigenvalue weighted by Gasteiger charge is 2.45. The molecule has 1 spiro atoms. The maximum Gasteiger partial charge on any atom is 0.236 e. The number of hydrogen-bond donors (Lipinski definition) is 0. The van der Waals surface area contributed by atoms with E-state index in [1.165, 1.54) is 31.2 Å². The highest BCUT2D eigenvalue weighted by Crippen LogP contribution is 2.38. The van der Waals surface area contributed by atoms with E-state index in [2.05, 4.69) is 30.0 Å². The first-order chi connectivity index (χ1) is 10.00. The molecule has 1 aromatic rings. The van der Waals surface area contributed by atoms with E-state index in [0.29, 0.717) is 12.6 Å². The summed E-state index contributed by atoms with van der Waals surface area (Å²) in [7, 11) is 1.94. The first-order valence-electron chi connectivity index (χ1n) is 8.02. The third kappa shape index (κ3) is 2.71. The van der Waals surface area contributed by atoms with Gasteiger partial charge in [-0.05, 0) is 26.7 Å². The average molecular weight is 290 g/mol. The molecule has 1 saturated heterocycles. The number of amides is 1. The second-order valence-corrected chi connectivity index (χ2v) is 6.96. The van der Waals surface area contributed by atoms with Gasteiger partial charge in [0, 0.05) is 43.5 Å². The van der Waals surface area contributed by atoms with E-state index in [1.54, 1.807) is 0 Å². The fourth-order valence-corrected chi connectivity index (χ4v) is 3.77. The van der Waals surface area contributed by atoms with E-state index in [1.807, 2.05) is 22.8 Å². The summed E-state index contributed by atoms with van der Waals surface area (Å²) in [5, 5.41) is 4.42. The van der Waals surface area contributed by atoms with Gasteiger partial charge in [-0.1, -0.05) is 12.8 Å². The van der Waals surface area contributed by atoms with Crippen molar-refractivity contribution in [3.8, 4) is 0 Å². The Morgan fingerprint density at radius 3 is 2.67 bits per heavy atom. The van der Waals surface area contributed by atoms with Crippen LogP contribution >= 0.6 is 0 Å². The number of carbonyl (C=O) groups is 1. The van der Waals surface area contributed by atoms with Crippen molar-refractivity contribution < 1.29 is 4.79 Å². The van der Waals surface area contributed by atoms with E-state index >= 15 is 0 Å². The highest BCUT2D eigenvalue weighted by atomic mass is 16.2. The minimum atomic E-state index is 0.197. The van der Waals surface area contributed by atoms with E-state index in [-0.39, 0.29) is 11.4 Å². The molecule has 1 saturated carbocycles. The standard InChI is InChI=1S/C16H26N4O/c1-13(2)20-10-14(8-17-20)9-19-11-15(21)18(3)12-16(19)6-4-5-7-16/h8,10,13H,4-7,9,11-12H2,1-3H3. The molecule has 116 valence electrons. The average Bonchev–Trinajstić information content (AvgIpc) is 3.06. The quantitative estimate of drug-likeness (QED) is 0.855. The van der Waals surface area contributed by atoms with Crippen LogP contribution in [0.4, 0.5) is 0 Å². The summed E-state index contributed by atoms with van der Waals surface area (Å²) in [4.78, 5) is 16.4. The minimum Gasteiger partial charge on any atom is -0.343 e. The van der Waals surface area contributed by atoms with Crippen LogP contribution in [0.15, 0.2) is 12.4 Å². The van der Waals surface area contributed by atoms with Crippen LogP contribution in [0, 0.1) is 0 Å². The fraction of sp³-hybridized carbons (Fsp3) is 0.750. The Bertz CT molecular complexity index is 516. The topological polar surface area (TPSA) is 41.4 Å². The van der Waals surface area contributed by atoms with E-state index in [0.717, 1.165) is 13.1 Å². The van der Waals surface area contributed by atoms with Gasteiger partial charge in [0.1, 0.15) is 0 Å². The van der Waals surface area contributed by atoms with Crippen LogP contribution in [0.5, 0.6) is 0 Å². The molecule has 3 rings (SSSR count). The van der Waals surface area contributed by atoms with Crippen LogP contribution in [0.1, 0.15) is 51.1 Å². The molecule has 0 unspecified atom stereocenters. The van der Waals surface area contributed by atoms with E-state index in [9.17, 15) is 4.79 Å². The maximum absolute atomic E-state index is 12.1. The molecule has 1 aromatic heterocycles. The van der Waals surface area contributed by atoms with Gasteiger partial charge in [0.2, 0.25) is 5.91 Å². The molecule has 0 atom stereocenters. The zero-order valence-corrected chi connectivity index (χ0v) is 13.4. The fourth-order valence-electron chi connectivity index (χ4n) is 3.77. The van der Waals surface area contributed by atoms with Gasteiger partial charge in [0.15, 0.2) is 0 Å². The van der Waals surface area contributed by atoms with Crippen molar-refractivity contribution in [2.45, 2.75) is 57.7 Å². The Balaban J connectivity index is 1.79. The summed E-state index contributed by atoms with van der Waals surface area (Å²) >= 11 is 0. The second kappa shape index (κ2) is 5.44. The van der Waals surface area contributed by atoms with Gasteiger partial charge in [-0.15, -0.1) is 0 Å². The summed E-state index contributed by atoms with van der Waals surface area (Å²) in [6.45, 7) is 6.53. The summed E-state index contributed by atoms with van der Waals surface area (Å²) in [5.74, 6) is 0.240. The molecule has 1 amide bonds. The van der Waals surface area contributed by atoms with Gasteiger partial charge < -0.3 is 4.90 Å². The Kier molecular flexibility index (Phi) is 3.78. The van der Waals surface area contributed by atoms with Gasteiger partial charge in [-0.2, -0.15) is 5.10 Å². The second-order valence-electron chi connectivity index (χ2n) is 6.96. The Labute approximate surface area is 126 Å². The van der Waals surface area contributed by atoms with Gasteiger partial charge >= 0.3 is 0 Å². The van der Waals surface area contributed by atoms with Crippen molar-refractivity contribution >= 4 is 5.91 Å². The lowest BCUT2D eigenvalue weighted by Gasteiger charge is -2.47. The molecular formula is C16H26N4O. The molecule has 0 radical (unpaired) electrons. The summed E-state index contributed by atoms with van der Waals surface area (Å²) in [5.41, 5.74) is 1.41. The third-order valence-corrected chi connectivity index (χ3v) is 5.05. The van der Waals surface area contributed by atoms with Crippen LogP contribution < -0.4 is 0 Å². The Morgan fingerprint density at radius 1 is 1.33 bits per heavy atom. The van der Waals surface area contributed by atoms with Crippen LogP contribution in [0.3, 0.4) is 0 Å². The van der Waals surface area contributed by atoms with Gasteiger partial charge in [0.05, 0.1) is 12.7 Å². The lowest BCUT2D eigenvalue weighted by molar-refractivity contribution is -0.142. The number of piperazine rings is 1. The maximum atomic E-state index is 12.1. The predicted octanol–water partition coefficient (Wildman–Crippen LogP) is 2.05. The van der Waals surface area contributed by atoms with Crippen LogP contribution in [0.2, 0.25) is 0 Å². The molecule has 2 heterocycles. The Hall–Kier alpha value is -1.36. The number of likely N-dealkylation sites (N-methyl/N-ethyl adjacent to an activating group) is 1. The van der Waals surface area contributed by atoms with Crippen molar-refractivity contribution in [2.75, 3.05) is 20.1 Å². The summed E-state index contributed by atoms with van der Waals surface area (Å²) < 4.78 is 1.99. The molecule has 2 fully saturated rings. The van der Waals surface area contributed by atoms with Crippen molar-refractivity contribution in [1.29, 1.82) is 0 Å². The van der Waals surface area contributed by atoms with Crippen LogP contribution in [-0.2, 0) is 11.3 Å². The predicted molar refractivity (Wildman–Crippen MR) is 81.9 cm³/mol. The number of hydrogen-bond acceptors (Lipinski definition) is 3. The number of nitrogens with zero attached hydrogens (tertiary/aromatic N) is 4. The largest absolute Gasteiger partial charge is 0.343 e. The third-order valence-electron chi connectivity index (χ3n) is 5.05. The smallest absolute Gasteiger partial charge is 0.236 e. The number of aromatic nitrogens is 2. The SMILES string of the molecule is CC(C)n1cc(CN2CC(=O)N(C)CC23CCCC3)cn1. The van der Waals surface area contributed by atoms with Crippen molar-refractivity contribution in [3.63, 3.8) is 0 Å². The zero-order chi connectivity index (χ0) is 15.0. The van der Waals surface area contributed by atoms with E-state index in [4.69, 9.17) is 0 Å². The lowest BCUT2D eigenvalue weighted by atomic mass is 9.91. The van der Waals surface area contributed by atoms with Crippen LogP contribution in [0.25, 0.3) is 0 Å². The minimum absolute atomic E-state index is 0.197. The summed E-state index contributed by atoms with van der Waals surface area (Å²) in [6.07, 6.45) is 9.06. The van der Waals surface area contributed by atoms with E-state index < -0.39 is 0 Å². The summed E-state index contributed by atoms with van der Waals surface area (Å²) in [6, 6.07) is 0.383. The monoisotopic (exact) mass is 290 g/mol. The molecule has 0 N–H and O–H groups in total. The molecule has 21 heavy (non-hydrogen) atoms. The molecule has 5 nitrogen and oxygen atoms in total. The molecule has 1 aliphatic heterocycles. The van der Waals surface area contributed by atoms with Gasteiger partial charge in [-0.25, -0.2) is 0 Å². The normalized spacial score (nSPS) is 22.7. The molecule has 2 aliphatic rings. The van der Waals surface area contributed by atoms with Gasteiger partial charge in [-0.3, -0.25) is 14.4 Å². The number of carbonyl (C=O) groups excluding carboxylic acids is 1. The highest BCUT2D eigenvalue weighted by molar-refractivity contribution is 5.79. The van der Waals surface area contributed by atoms with Crippen molar-refractivity contribution in [1.82, 2.24) is 19.6 Å². The van der Waals surface area contributed by atoms with Crippen molar-refractivity contribution in [3.05, 3.63) is 18.0 Å². The Morgan fingerprint density at radius 2 is 2.05 bits per heavy atom. The first-order valence-corrected chi connectivity index (χ1v) is 8.02. The molecule has 5 heteroatoms. The lowest BCUT2D eigenvalue weighted by Crippen LogP contribution is -2.61. The molecule has 1 aliphatic carbocycles. The van der Waals surface area contributed by atoms with Crippen LogP contribution in [-0.4, -0.2) is 51.2 Å². The zero-order valence-electron chi connectivity index (χ0n) is 13.4.